The van der Waals surface area contributed by atoms with Gasteiger partial charge in [-0.3, -0.25) is 0 Å². The average molecular weight is 319 g/mol. The summed E-state index contributed by atoms with van der Waals surface area (Å²) in [7, 11) is 0. The summed E-state index contributed by atoms with van der Waals surface area (Å²) in [5.74, 6) is -2.99. The molecule has 0 saturated carbocycles. The maximum absolute atomic E-state index is 13.5. The zero-order chi connectivity index (χ0) is 13.3. The molecule has 0 radical (unpaired) electrons. The highest BCUT2D eigenvalue weighted by Gasteiger charge is 2.17. The van der Waals surface area contributed by atoms with Gasteiger partial charge in [-0.1, -0.05) is 22.0 Å². The molecule has 0 aromatic heterocycles. The summed E-state index contributed by atoms with van der Waals surface area (Å²) in [4.78, 5) is -0.747. The molecule has 1 unspecified atom stereocenters. The van der Waals surface area contributed by atoms with E-state index in [4.69, 9.17) is 0 Å². The minimum Gasteiger partial charge on any atom is -0.207 e. The van der Waals surface area contributed by atoms with Crippen molar-refractivity contribution in [3.8, 4) is 0 Å². The van der Waals surface area contributed by atoms with Crippen LogP contribution in [0.1, 0.15) is 16.0 Å². The summed E-state index contributed by atoms with van der Waals surface area (Å²) in [5.41, 5.74) is 0.333. The molecule has 5 heteroatoms. The monoisotopic (exact) mass is 318 g/mol. The summed E-state index contributed by atoms with van der Waals surface area (Å²) in [6.07, 6.45) is 0. The Bertz CT molecular complexity index is 563. The quantitative estimate of drug-likeness (QED) is 0.555. The average Bonchev–Trinajstić information content (AvgIpc) is 2.26. The number of benzene rings is 2. The Morgan fingerprint density at radius 1 is 0.778 bits per heavy atom. The lowest BCUT2D eigenvalue weighted by molar-refractivity contribution is 0.570. The first-order valence-corrected chi connectivity index (χ1v) is 5.94. The molecule has 2 aromatic rings. The second-order valence-corrected chi connectivity index (χ2v) is 4.65. The van der Waals surface area contributed by atoms with Gasteiger partial charge >= 0.3 is 0 Å². The standard InChI is InChI=1S/C13H7BrF4/c14-13(7-3-9(16)5-10(17)4-7)11-2-1-8(15)6-12(11)18/h1-6,13H. The smallest absolute Gasteiger partial charge is 0.130 e. The van der Waals surface area contributed by atoms with Crippen molar-refractivity contribution in [1.82, 2.24) is 0 Å². The van der Waals surface area contributed by atoms with Crippen LogP contribution in [0, 0.1) is 23.3 Å². The van der Waals surface area contributed by atoms with Gasteiger partial charge in [-0.15, -0.1) is 0 Å². The van der Waals surface area contributed by atoms with Gasteiger partial charge < -0.3 is 0 Å². The van der Waals surface area contributed by atoms with E-state index < -0.39 is 28.1 Å². The van der Waals surface area contributed by atoms with Crippen molar-refractivity contribution < 1.29 is 17.6 Å². The van der Waals surface area contributed by atoms with Crippen molar-refractivity contribution in [2.24, 2.45) is 0 Å². The van der Waals surface area contributed by atoms with Gasteiger partial charge in [0.25, 0.3) is 0 Å². The first kappa shape index (κ1) is 13.1. The molecule has 0 N–H and O–H groups in total. The summed E-state index contributed by atoms with van der Waals surface area (Å²) < 4.78 is 52.4. The lowest BCUT2D eigenvalue weighted by atomic mass is 10.0. The van der Waals surface area contributed by atoms with Gasteiger partial charge in [0, 0.05) is 17.7 Å². The van der Waals surface area contributed by atoms with Gasteiger partial charge in [-0.25, -0.2) is 17.6 Å². The van der Waals surface area contributed by atoms with Gasteiger partial charge in [-0.2, -0.15) is 0 Å². The third kappa shape index (κ3) is 2.72. The highest BCUT2D eigenvalue weighted by Crippen LogP contribution is 2.33. The first-order chi connectivity index (χ1) is 8.47. The number of halogens is 5. The van der Waals surface area contributed by atoms with Crippen LogP contribution in [-0.2, 0) is 0 Å². The maximum Gasteiger partial charge on any atom is 0.130 e. The fourth-order valence-corrected chi connectivity index (χ4v) is 2.24. The first-order valence-electron chi connectivity index (χ1n) is 5.02. The minimum absolute atomic E-state index is 0.112. The van der Waals surface area contributed by atoms with Gasteiger partial charge in [0.05, 0.1) is 4.83 Å². The summed E-state index contributed by atoms with van der Waals surface area (Å²) in [6.45, 7) is 0. The number of hydrogen-bond donors (Lipinski definition) is 0. The van der Waals surface area contributed by atoms with Gasteiger partial charge in [-0.05, 0) is 23.8 Å². The number of rotatable bonds is 2. The van der Waals surface area contributed by atoms with Crippen LogP contribution < -0.4 is 0 Å². The normalized spacial score (nSPS) is 12.5. The molecule has 18 heavy (non-hydrogen) atoms. The zero-order valence-electron chi connectivity index (χ0n) is 8.93. The molecule has 2 aromatic carbocycles. The molecule has 0 aliphatic carbocycles. The van der Waals surface area contributed by atoms with Crippen LogP contribution in [0.5, 0.6) is 0 Å². The minimum atomic E-state index is -0.776. The summed E-state index contributed by atoms with van der Waals surface area (Å²) in [5, 5.41) is 0. The summed E-state index contributed by atoms with van der Waals surface area (Å²) >= 11 is 3.14. The van der Waals surface area contributed by atoms with Gasteiger partial charge in [0.1, 0.15) is 23.3 Å². The van der Waals surface area contributed by atoms with E-state index in [-0.39, 0.29) is 11.1 Å². The summed E-state index contributed by atoms with van der Waals surface area (Å²) in [6, 6.07) is 5.94. The van der Waals surface area contributed by atoms with Crippen molar-refractivity contribution in [3.05, 3.63) is 70.8 Å². The molecular weight excluding hydrogens is 312 g/mol. The molecule has 0 spiro atoms. The van der Waals surface area contributed by atoms with Crippen LogP contribution in [0.25, 0.3) is 0 Å². The Balaban J connectivity index is 2.44. The molecule has 0 bridgehead atoms. The fraction of sp³-hybridized carbons (Fsp3) is 0.0769. The molecule has 0 fully saturated rings. The van der Waals surface area contributed by atoms with Crippen LogP contribution in [0.2, 0.25) is 0 Å². The second-order valence-electron chi connectivity index (χ2n) is 3.73. The van der Waals surface area contributed by atoms with E-state index in [0.29, 0.717) is 0 Å². The lowest BCUT2D eigenvalue weighted by Gasteiger charge is -2.12. The molecule has 0 aliphatic heterocycles. The molecule has 0 saturated heterocycles. The van der Waals surface area contributed by atoms with Crippen molar-refractivity contribution in [1.29, 1.82) is 0 Å². The van der Waals surface area contributed by atoms with Gasteiger partial charge in [0.15, 0.2) is 0 Å². The fourth-order valence-electron chi connectivity index (χ4n) is 1.61. The van der Waals surface area contributed by atoms with E-state index >= 15 is 0 Å². The number of hydrogen-bond acceptors (Lipinski definition) is 0. The second kappa shape index (κ2) is 5.10. The molecule has 94 valence electrons. The predicted octanol–water partition coefficient (Wildman–Crippen LogP) is 4.73. The largest absolute Gasteiger partial charge is 0.207 e. The van der Waals surface area contributed by atoms with Crippen molar-refractivity contribution >= 4 is 15.9 Å². The van der Waals surface area contributed by atoms with Crippen LogP contribution in [0.15, 0.2) is 36.4 Å². The third-order valence-corrected chi connectivity index (χ3v) is 3.44. The van der Waals surface area contributed by atoms with Crippen LogP contribution in [0.4, 0.5) is 17.6 Å². The van der Waals surface area contributed by atoms with Crippen LogP contribution >= 0.6 is 15.9 Å². The molecule has 0 aliphatic rings. The Kier molecular flexibility index (Phi) is 3.71. The van der Waals surface area contributed by atoms with E-state index in [1.165, 1.54) is 6.07 Å². The molecule has 0 nitrogen and oxygen atoms in total. The van der Waals surface area contributed by atoms with Gasteiger partial charge in [0.2, 0.25) is 0 Å². The lowest BCUT2D eigenvalue weighted by Crippen LogP contribution is -1.99. The van der Waals surface area contributed by atoms with E-state index in [0.717, 1.165) is 30.3 Å². The molecule has 0 heterocycles. The molecule has 0 amide bonds. The third-order valence-electron chi connectivity index (χ3n) is 2.41. The highest BCUT2D eigenvalue weighted by atomic mass is 79.9. The topological polar surface area (TPSA) is 0 Å². The Morgan fingerprint density at radius 2 is 1.39 bits per heavy atom. The Hall–Kier alpha value is -1.36. The van der Waals surface area contributed by atoms with Crippen molar-refractivity contribution in [2.45, 2.75) is 4.83 Å². The number of alkyl halides is 1. The van der Waals surface area contributed by atoms with Crippen molar-refractivity contribution in [3.63, 3.8) is 0 Å². The SMILES string of the molecule is Fc1cc(F)cc(C(Br)c2ccc(F)cc2F)c1. The van der Waals surface area contributed by atoms with E-state index in [1.807, 2.05) is 0 Å². The molecule has 1 atom stereocenters. The van der Waals surface area contributed by atoms with Crippen LogP contribution in [-0.4, -0.2) is 0 Å². The van der Waals surface area contributed by atoms with Crippen LogP contribution in [0.3, 0.4) is 0 Å². The van der Waals surface area contributed by atoms with E-state index in [2.05, 4.69) is 15.9 Å². The van der Waals surface area contributed by atoms with Crippen molar-refractivity contribution in [2.75, 3.05) is 0 Å². The maximum atomic E-state index is 13.5. The highest BCUT2D eigenvalue weighted by molar-refractivity contribution is 9.09. The predicted molar refractivity (Wildman–Crippen MR) is 63.5 cm³/mol. The Labute approximate surface area is 109 Å². The zero-order valence-corrected chi connectivity index (χ0v) is 10.5. The Morgan fingerprint density at radius 3 is 1.94 bits per heavy atom. The molecular formula is C13H7BrF4. The van der Waals surface area contributed by atoms with E-state index in [9.17, 15) is 17.6 Å². The molecule has 2 rings (SSSR count). The van der Waals surface area contributed by atoms with E-state index in [1.54, 1.807) is 0 Å².